The molecule has 0 N–H and O–H groups in total. The van der Waals surface area contributed by atoms with E-state index in [9.17, 15) is 9.59 Å². The van der Waals surface area contributed by atoms with Crippen LogP contribution in [0.25, 0.3) is 0 Å². The van der Waals surface area contributed by atoms with Crippen molar-refractivity contribution in [2.45, 2.75) is 6.92 Å². The molecule has 0 bridgehead atoms. The lowest BCUT2D eigenvalue weighted by Crippen LogP contribution is -2.50. The van der Waals surface area contributed by atoms with Crippen LogP contribution in [0.5, 0.6) is 0 Å². The Morgan fingerprint density at radius 2 is 1.43 bits per heavy atom. The van der Waals surface area contributed by atoms with Crippen molar-refractivity contribution in [2.75, 3.05) is 26.2 Å². The van der Waals surface area contributed by atoms with E-state index in [1.54, 1.807) is 15.9 Å². The number of benzene rings is 1. The number of nitrogens with zero attached hydrogens (tertiary/aromatic N) is 3. The number of aryl methyl sites for hydroxylation is 1. The molecule has 1 fully saturated rings. The summed E-state index contributed by atoms with van der Waals surface area (Å²) in [6.45, 7) is 4.03. The van der Waals surface area contributed by atoms with Gasteiger partial charge in [-0.25, -0.2) is 4.98 Å². The molecule has 1 aliphatic heterocycles. The first-order chi connectivity index (χ1) is 11.1. The average Bonchev–Trinajstić information content (AvgIpc) is 2.61. The monoisotopic (exact) mass is 309 g/mol. The maximum atomic E-state index is 12.5. The summed E-state index contributed by atoms with van der Waals surface area (Å²) >= 11 is 0. The fourth-order valence-corrected chi connectivity index (χ4v) is 2.70. The number of aromatic nitrogens is 1. The van der Waals surface area contributed by atoms with Gasteiger partial charge in [0.2, 0.25) is 0 Å². The number of piperazine rings is 1. The van der Waals surface area contributed by atoms with Crippen LogP contribution in [0.3, 0.4) is 0 Å². The summed E-state index contributed by atoms with van der Waals surface area (Å²) in [5.74, 6) is -0.0492. The first-order valence-electron chi connectivity index (χ1n) is 7.72. The van der Waals surface area contributed by atoms with Gasteiger partial charge in [0.05, 0.1) is 0 Å². The first kappa shape index (κ1) is 15.2. The van der Waals surface area contributed by atoms with Crippen LogP contribution >= 0.6 is 0 Å². The molecule has 3 rings (SSSR count). The molecule has 2 amide bonds. The van der Waals surface area contributed by atoms with Crippen molar-refractivity contribution in [3.05, 3.63) is 65.5 Å². The Morgan fingerprint density at radius 3 is 2.04 bits per heavy atom. The Morgan fingerprint density at radius 1 is 0.826 bits per heavy atom. The second kappa shape index (κ2) is 6.60. The summed E-state index contributed by atoms with van der Waals surface area (Å²) in [6, 6.07) is 14.7. The predicted octanol–water partition coefficient (Wildman–Crippen LogP) is 1.99. The molecule has 118 valence electrons. The number of hydrogen-bond donors (Lipinski definition) is 0. The third-order valence-corrected chi connectivity index (χ3v) is 3.98. The summed E-state index contributed by atoms with van der Waals surface area (Å²) in [6.07, 6.45) is 0. The molecular weight excluding hydrogens is 290 g/mol. The maximum Gasteiger partial charge on any atom is 0.272 e. The molecule has 0 aliphatic carbocycles. The normalized spacial score (nSPS) is 14.7. The van der Waals surface area contributed by atoms with Crippen LogP contribution in [-0.2, 0) is 0 Å². The van der Waals surface area contributed by atoms with Crippen LogP contribution in [0, 0.1) is 6.92 Å². The van der Waals surface area contributed by atoms with Crippen molar-refractivity contribution in [3.8, 4) is 0 Å². The van der Waals surface area contributed by atoms with E-state index in [1.807, 2.05) is 49.4 Å². The van der Waals surface area contributed by atoms with Crippen LogP contribution in [0.1, 0.15) is 26.5 Å². The van der Waals surface area contributed by atoms with Crippen molar-refractivity contribution in [3.63, 3.8) is 0 Å². The smallest absolute Gasteiger partial charge is 0.272 e. The molecule has 1 aromatic heterocycles. The minimum atomic E-state index is -0.0690. The Hall–Kier alpha value is -2.69. The average molecular weight is 309 g/mol. The number of amides is 2. The standard InChI is InChI=1S/C18H19N3O2/c1-14-6-5-9-16(19-14)18(23)21-12-10-20(11-13-21)17(22)15-7-3-2-4-8-15/h2-9H,10-13H2,1H3. The Bertz CT molecular complexity index is 707. The first-order valence-corrected chi connectivity index (χ1v) is 7.72. The van der Waals surface area contributed by atoms with Crippen molar-refractivity contribution in [2.24, 2.45) is 0 Å². The molecule has 0 unspecified atom stereocenters. The minimum Gasteiger partial charge on any atom is -0.335 e. The van der Waals surface area contributed by atoms with E-state index in [-0.39, 0.29) is 11.8 Å². The minimum absolute atomic E-state index is 0.0198. The fraction of sp³-hybridized carbons (Fsp3) is 0.278. The summed E-state index contributed by atoms with van der Waals surface area (Å²) in [5, 5.41) is 0. The number of carbonyl (C=O) groups excluding carboxylic acids is 2. The van der Waals surface area contributed by atoms with Crippen LogP contribution < -0.4 is 0 Å². The lowest BCUT2D eigenvalue weighted by atomic mass is 10.2. The zero-order valence-corrected chi connectivity index (χ0v) is 13.1. The molecule has 1 aromatic carbocycles. The van der Waals surface area contributed by atoms with Crippen molar-refractivity contribution in [1.82, 2.24) is 14.8 Å². The van der Waals surface area contributed by atoms with Crippen molar-refractivity contribution < 1.29 is 9.59 Å². The van der Waals surface area contributed by atoms with Crippen LogP contribution in [0.4, 0.5) is 0 Å². The molecule has 1 aliphatic rings. The number of hydrogen-bond acceptors (Lipinski definition) is 3. The Balaban J connectivity index is 1.62. The molecule has 0 spiro atoms. The van der Waals surface area contributed by atoms with Crippen molar-refractivity contribution in [1.29, 1.82) is 0 Å². The molecule has 23 heavy (non-hydrogen) atoms. The third-order valence-electron chi connectivity index (χ3n) is 3.98. The summed E-state index contributed by atoms with van der Waals surface area (Å²) in [7, 11) is 0. The highest BCUT2D eigenvalue weighted by Crippen LogP contribution is 2.11. The highest BCUT2D eigenvalue weighted by atomic mass is 16.2. The van der Waals surface area contributed by atoms with Gasteiger partial charge in [-0.2, -0.15) is 0 Å². The summed E-state index contributed by atoms with van der Waals surface area (Å²) in [5.41, 5.74) is 1.98. The molecule has 0 radical (unpaired) electrons. The van der Waals surface area contributed by atoms with Gasteiger partial charge in [0, 0.05) is 37.4 Å². The zero-order chi connectivity index (χ0) is 16.2. The molecule has 2 aromatic rings. The van der Waals surface area contributed by atoms with E-state index in [1.165, 1.54) is 0 Å². The van der Waals surface area contributed by atoms with Gasteiger partial charge < -0.3 is 9.80 Å². The van der Waals surface area contributed by atoms with E-state index in [0.717, 1.165) is 5.69 Å². The third kappa shape index (κ3) is 3.39. The van der Waals surface area contributed by atoms with E-state index >= 15 is 0 Å². The van der Waals surface area contributed by atoms with Gasteiger partial charge in [0.25, 0.3) is 11.8 Å². The molecule has 0 saturated carbocycles. The van der Waals surface area contributed by atoms with Gasteiger partial charge >= 0.3 is 0 Å². The zero-order valence-electron chi connectivity index (χ0n) is 13.1. The molecule has 5 nitrogen and oxygen atoms in total. The topological polar surface area (TPSA) is 53.5 Å². The van der Waals surface area contributed by atoms with Gasteiger partial charge in [-0.15, -0.1) is 0 Å². The quantitative estimate of drug-likeness (QED) is 0.852. The highest BCUT2D eigenvalue weighted by molar-refractivity contribution is 5.95. The molecule has 5 heteroatoms. The van der Waals surface area contributed by atoms with Gasteiger partial charge in [-0.1, -0.05) is 24.3 Å². The Kier molecular flexibility index (Phi) is 4.37. The summed E-state index contributed by atoms with van der Waals surface area (Å²) in [4.78, 5) is 32.7. The van der Waals surface area contributed by atoms with Gasteiger partial charge in [0.1, 0.15) is 5.69 Å². The van der Waals surface area contributed by atoms with E-state index in [2.05, 4.69) is 4.98 Å². The molecular formula is C18H19N3O2. The van der Waals surface area contributed by atoms with E-state index in [0.29, 0.717) is 37.4 Å². The fourth-order valence-electron chi connectivity index (χ4n) is 2.70. The highest BCUT2D eigenvalue weighted by Gasteiger charge is 2.25. The van der Waals surface area contributed by atoms with Gasteiger partial charge in [-0.3, -0.25) is 9.59 Å². The van der Waals surface area contributed by atoms with Gasteiger partial charge in [0.15, 0.2) is 0 Å². The molecule has 1 saturated heterocycles. The van der Waals surface area contributed by atoms with Gasteiger partial charge in [-0.05, 0) is 31.2 Å². The predicted molar refractivity (Wildman–Crippen MR) is 87.2 cm³/mol. The van der Waals surface area contributed by atoms with Crippen LogP contribution in [0.15, 0.2) is 48.5 Å². The lowest BCUT2D eigenvalue weighted by Gasteiger charge is -2.34. The second-order valence-corrected chi connectivity index (χ2v) is 5.61. The van der Waals surface area contributed by atoms with E-state index in [4.69, 9.17) is 0 Å². The van der Waals surface area contributed by atoms with Crippen molar-refractivity contribution >= 4 is 11.8 Å². The summed E-state index contributed by atoms with van der Waals surface area (Å²) < 4.78 is 0. The molecule has 0 atom stereocenters. The van der Waals surface area contributed by atoms with Crippen LogP contribution in [0.2, 0.25) is 0 Å². The number of pyridine rings is 1. The SMILES string of the molecule is Cc1cccc(C(=O)N2CCN(C(=O)c3ccccc3)CC2)n1. The maximum absolute atomic E-state index is 12.5. The van der Waals surface area contributed by atoms with E-state index < -0.39 is 0 Å². The number of rotatable bonds is 2. The number of carbonyl (C=O) groups is 2. The second-order valence-electron chi connectivity index (χ2n) is 5.61. The van der Waals surface area contributed by atoms with Crippen LogP contribution in [-0.4, -0.2) is 52.8 Å². The lowest BCUT2D eigenvalue weighted by molar-refractivity contribution is 0.0532. The molecule has 2 heterocycles. The Labute approximate surface area is 135 Å². The largest absolute Gasteiger partial charge is 0.335 e.